The Morgan fingerprint density at radius 3 is 2.41 bits per heavy atom. The zero-order chi connectivity index (χ0) is 32.9. The van der Waals surface area contributed by atoms with E-state index in [1.807, 2.05) is 37.4 Å². The Morgan fingerprint density at radius 1 is 0.935 bits per heavy atom. The zero-order valence-corrected chi connectivity index (χ0v) is 27.6. The number of rotatable bonds is 13. The van der Waals surface area contributed by atoms with Gasteiger partial charge in [0, 0.05) is 47.0 Å². The van der Waals surface area contributed by atoms with Crippen LogP contribution >= 0.6 is 0 Å². The van der Waals surface area contributed by atoms with Gasteiger partial charge in [-0.2, -0.15) is 0 Å². The number of aliphatic hydroxyl groups is 1. The molecule has 0 aliphatic carbocycles. The summed E-state index contributed by atoms with van der Waals surface area (Å²) in [5.41, 5.74) is 3.09. The molecule has 0 radical (unpaired) electrons. The van der Waals surface area contributed by atoms with Crippen molar-refractivity contribution in [1.82, 2.24) is 14.6 Å². The monoisotopic (exact) mass is 658 g/mol. The van der Waals surface area contributed by atoms with Crippen LogP contribution in [0.1, 0.15) is 47.9 Å². The lowest BCUT2D eigenvalue weighted by molar-refractivity contribution is 0.0983. The van der Waals surface area contributed by atoms with Crippen LogP contribution in [0.5, 0.6) is 0 Å². The van der Waals surface area contributed by atoms with E-state index in [0.29, 0.717) is 28.3 Å². The number of aliphatic hydroxyl groups excluding tert-OH is 1. The number of carbonyl (C=O) groups excluding carboxylic acids is 1. The van der Waals surface area contributed by atoms with Gasteiger partial charge in [0.1, 0.15) is 0 Å². The number of anilines is 1. The molecule has 0 saturated heterocycles. The summed E-state index contributed by atoms with van der Waals surface area (Å²) in [5, 5.41) is 15.3. The molecule has 9 nitrogen and oxygen atoms in total. The second-order valence-corrected chi connectivity index (χ2v) is 14.8. The first-order chi connectivity index (χ1) is 21.9. The van der Waals surface area contributed by atoms with Gasteiger partial charge < -0.3 is 15.0 Å². The minimum Gasteiger partial charge on any atom is -0.387 e. The molecule has 1 unspecified atom stereocenters. The quantitative estimate of drug-likeness (QED) is 0.129. The van der Waals surface area contributed by atoms with Crippen LogP contribution in [-0.4, -0.2) is 40.3 Å². The molecule has 2 atom stereocenters. The fourth-order valence-electron chi connectivity index (χ4n) is 5.00. The van der Waals surface area contributed by atoms with E-state index in [1.165, 1.54) is 12.1 Å². The average Bonchev–Trinajstić information content (AvgIpc) is 3.45. The largest absolute Gasteiger partial charge is 0.387 e. The van der Waals surface area contributed by atoms with Gasteiger partial charge in [-0.3, -0.25) is 14.2 Å². The van der Waals surface area contributed by atoms with Crippen LogP contribution in [0.2, 0.25) is 0 Å². The number of amides is 1. The number of β-amino-alcohol motifs (C(OH)–C–C–N with tert-alkyl or cyclic N) is 1. The molecule has 5 rings (SSSR count). The van der Waals surface area contributed by atoms with E-state index in [0.717, 1.165) is 22.9 Å². The third-order valence-electron chi connectivity index (χ3n) is 7.78. The second kappa shape index (κ2) is 14.0. The van der Waals surface area contributed by atoms with Gasteiger partial charge in [-0.25, -0.2) is 12.6 Å². The fourth-order valence-corrected chi connectivity index (χ4v) is 6.86. The van der Waals surface area contributed by atoms with E-state index < -0.39 is 33.0 Å². The second-order valence-electron chi connectivity index (χ2n) is 11.9. The van der Waals surface area contributed by atoms with Crippen LogP contribution in [0.4, 0.5) is 5.69 Å². The summed E-state index contributed by atoms with van der Waals surface area (Å²) in [6.07, 6.45) is 1.87. The Balaban J connectivity index is 1.15. The first-order valence-electron chi connectivity index (χ1n) is 14.9. The molecule has 46 heavy (non-hydrogen) atoms. The molecule has 1 heterocycles. The van der Waals surface area contributed by atoms with Gasteiger partial charge in [0.25, 0.3) is 15.9 Å². The number of sulfonamides is 1. The lowest BCUT2D eigenvalue weighted by Crippen LogP contribution is -2.42. The highest BCUT2D eigenvalue weighted by molar-refractivity contribution is 7.92. The summed E-state index contributed by atoms with van der Waals surface area (Å²) in [6.45, 7) is 7.04. The molecule has 4 N–H and O–H groups in total. The zero-order valence-electron chi connectivity index (χ0n) is 25.9. The van der Waals surface area contributed by atoms with Crippen molar-refractivity contribution in [2.45, 2.75) is 55.2 Å². The number of hydrogen-bond acceptors (Lipinski definition) is 6. The first-order valence-corrected chi connectivity index (χ1v) is 17.5. The predicted octanol–water partition coefficient (Wildman–Crippen LogP) is 5.70. The Kier molecular flexibility index (Phi) is 10.1. The molecule has 1 amide bonds. The molecular formula is C35H38N4O5S2. The average molecular weight is 659 g/mol. The van der Waals surface area contributed by atoms with Crippen LogP contribution in [0.3, 0.4) is 0 Å². The van der Waals surface area contributed by atoms with Crippen molar-refractivity contribution >= 4 is 43.5 Å². The molecule has 0 fully saturated rings. The molecule has 0 saturated carbocycles. The lowest BCUT2D eigenvalue weighted by Gasteiger charge is -2.28. The van der Waals surface area contributed by atoms with Gasteiger partial charge in [-0.15, -0.1) is 0 Å². The number of aromatic nitrogens is 1. The van der Waals surface area contributed by atoms with Crippen LogP contribution in [-0.2, 0) is 27.6 Å². The first kappa shape index (κ1) is 33.1. The summed E-state index contributed by atoms with van der Waals surface area (Å²) in [5.74, 6) is -0.406. The van der Waals surface area contributed by atoms with Gasteiger partial charge >= 0.3 is 0 Å². The minimum atomic E-state index is -3.74. The normalized spacial score (nSPS) is 13.3. The lowest BCUT2D eigenvalue weighted by atomic mass is 9.99. The van der Waals surface area contributed by atoms with E-state index in [2.05, 4.69) is 33.2 Å². The molecule has 0 spiro atoms. The maximum Gasteiger partial charge on any atom is 0.263 e. The van der Waals surface area contributed by atoms with Gasteiger partial charge in [-0.1, -0.05) is 48.0 Å². The number of carbonyl (C=O) groups is 1. The van der Waals surface area contributed by atoms with Crippen molar-refractivity contribution in [2.24, 2.45) is 0 Å². The van der Waals surface area contributed by atoms with Crippen molar-refractivity contribution in [2.75, 3.05) is 11.3 Å². The van der Waals surface area contributed by atoms with Crippen LogP contribution in [0.25, 0.3) is 10.9 Å². The highest BCUT2D eigenvalue weighted by atomic mass is 32.2. The summed E-state index contributed by atoms with van der Waals surface area (Å²) in [4.78, 5) is 13.5. The third kappa shape index (κ3) is 8.29. The summed E-state index contributed by atoms with van der Waals surface area (Å²) >= 11 is 0. The molecule has 0 bridgehead atoms. The molecule has 11 heteroatoms. The molecule has 5 aromatic rings. The fraction of sp³-hybridized carbons (Fsp3) is 0.229. The summed E-state index contributed by atoms with van der Waals surface area (Å²) in [7, 11) is -5.39. The molecule has 4 aromatic carbocycles. The maximum absolute atomic E-state index is 12.8. The molecule has 1 aromatic heterocycles. The van der Waals surface area contributed by atoms with Crippen molar-refractivity contribution in [1.29, 1.82) is 0 Å². The van der Waals surface area contributed by atoms with Crippen molar-refractivity contribution in [3.63, 3.8) is 0 Å². The number of nitrogens with one attached hydrogen (secondary N) is 3. The topological polar surface area (TPSA) is 130 Å². The number of aryl methyl sites for hydroxylation is 2. The molecular weight excluding hydrogens is 621 g/mol. The van der Waals surface area contributed by atoms with Gasteiger partial charge in [0.2, 0.25) is 0 Å². The minimum absolute atomic E-state index is 0.164. The van der Waals surface area contributed by atoms with E-state index in [9.17, 15) is 22.5 Å². The maximum atomic E-state index is 12.8. The third-order valence-corrected chi connectivity index (χ3v) is 10.3. The number of fused-ring (bicyclic) bond motifs is 1. The van der Waals surface area contributed by atoms with Gasteiger partial charge in [0.05, 0.1) is 15.9 Å². The van der Waals surface area contributed by atoms with E-state index >= 15 is 0 Å². The SMILES string of the molecule is Cc1ccc(S(=O)NC(=O)c2ccc3c(ccn3CCC(C)(C)NC[C@H](O)c3cccc(NS(=O)(=O)c4ccccc4)c3)c2)cc1. The Morgan fingerprint density at radius 2 is 1.67 bits per heavy atom. The van der Waals surface area contributed by atoms with Crippen LogP contribution in [0.15, 0.2) is 119 Å². The number of hydrogen-bond donors (Lipinski definition) is 4. The van der Waals surface area contributed by atoms with Crippen molar-refractivity contribution < 1.29 is 22.5 Å². The number of benzene rings is 4. The molecule has 240 valence electrons. The van der Waals surface area contributed by atoms with Gasteiger partial charge in [0.15, 0.2) is 11.0 Å². The van der Waals surface area contributed by atoms with Gasteiger partial charge in [-0.05, 0) is 93.4 Å². The van der Waals surface area contributed by atoms with Crippen molar-refractivity contribution in [3.8, 4) is 0 Å². The number of nitrogens with zero attached hydrogens (tertiary/aromatic N) is 1. The van der Waals surface area contributed by atoms with Crippen LogP contribution < -0.4 is 14.8 Å². The van der Waals surface area contributed by atoms with Crippen molar-refractivity contribution in [3.05, 3.63) is 126 Å². The molecule has 0 aliphatic heterocycles. The van der Waals surface area contributed by atoms with E-state index in [-0.39, 0.29) is 17.0 Å². The Hall–Kier alpha value is -4.29. The highest BCUT2D eigenvalue weighted by Gasteiger charge is 2.21. The smallest absolute Gasteiger partial charge is 0.263 e. The molecule has 0 aliphatic rings. The van der Waals surface area contributed by atoms with E-state index in [1.54, 1.807) is 66.7 Å². The summed E-state index contributed by atoms with van der Waals surface area (Å²) in [6, 6.07) is 29.5. The van der Waals surface area contributed by atoms with Crippen LogP contribution in [0, 0.1) is 6.92 Å². The Bertz CT molecular complexity index is 1960. The standard InChI is InChI=1S/C35H38N4O5S2/c1-25-12-15-30(16-13-25)45(42)37-34(41)28-14-17-32-26(22-28)18-20-39(32)21-19-35(2,3)36-24-33(40)27-8-7-9-29(23-27)38-46(43,44)31-10-5-4-6-11-31/h4-18,20,22-23,33,36,38,40H,19,21,24H2,1-3H3,(H,37,41)/t33-,45?/m0/s1. The Labute approximate surface area is 272 Å². The highest BCUT2D eigenvalue weighted by Crippen LogP contribution is 2.23. The predicted molar refractivity (Wildman–Crippen MR) is 182 cm³/mol. The van der Waals surface area contributed by atoms with E-state index in [4.69, 9.17) is 0 Å². The summed E-state index contributed by atoms with van der Waals surface area (Å²) < 4.78 is 45.3.